The van der Waals surface area contributed by atoms with Gasteiger partial charge >= 0.3 is 17.7 Å². The Morgan fingerprint density at radius 2 is 1.81 bits per heavy atom. The average Bonchev–Trinajstić information content (AvgIpc) is 2.80. The van der Waals surface area contributed by atoms with Gasteiger partial charge in [-0.1, -0.05) is 11.6 Å². The van der Waals surface area contributed by atoms with Crippen LogP contribution in [0.25, 0.3) is 11.0 Å². The fraction of sp³-hybridized carbons (Fsp3) is 0.261. The Morgan fingerprint density at radius 1 is 1.11 bits per heavy atom. The second kappa shape index (κ2) is 11.5. The molecule has 2 atom stereocenters. The predicted molar refractivity (Wildman–Crippen MR) is 130 cm³/mol. The van der Waals surface area contributed by atoms with Crippen molar-refractivity contribution in [1.82, 2.24) is 4.72 Å². The number of amides is 1. The molecular formula is C23H23ClN2O9S. The summed E-state index contributed by atoms with van der Waals surface area (Å²) in [4.78, 5) is 36.2. The van der Waals surface area contributed by atoms with Gasteiger partial charge in [0, 0.05) is 33.8 Å². The first-order valence-corrected chi connectivity index (χ1v) is 12.5. The molecule has 0 unspecified atom stereocenters. The molecule has 1 amide bonds. The van der Waals surface area contributed by atoms with Crippen LogP contribution in [0.5, 0.6) is 0 Å². The maximum absolute atomic E-state index is 12.7. The van der Waals surface area contributed by atoms with Crippen LogP contribution in [-0.4, -0.2) is 44.3 Å². The maximum Gasteiger partial charge on any atom is 0.411 e. The van der Waals surface area contributed by atoms with Crippen molar-refractivity contribution in [2.24, 2.45) is 0 Å². The molecule has 2 aromatic carbocycles. The number of esters is 1. The van der Waals surface area contributed by atoms with Crippen LogP contribution < -0.4 is 15.7 Å². The van der Waals surface area contributed by atoms with Crippen molar-refractivity contribution in [3.05, 3.63) is 69.5 Å². The van der Waals surface area contributed by atoms with Gasteiger partial charge in [0.25, 0.3) is 0 Å². The van der Waals surface area contributed by atoms with E-state index in [9.17, 15) is 27.9 Å². The number of sulfonamides is 1. The number of halogens is 1. The second-order valence-corrected chi connectivity index (χ2v) is 9.70. The van der Waals surface area contributed by atoms with E-state index in [1.807, 2.05) is 0 Å². The van der Waals surface area contributed by atoms with E-state index in [-0.39, 0.29) is 22.6 Å². The molecule has 0 aliphatic rings. The number of aliphatic hydroxyl groups is 1. The summed E-state index contributed by atoms with van der Waals surface area (Å²) in [7, 11) is -4.19. The molecule has 0 saturated heterocycles. The van der Waals surface area contributed by atoms with Gasteiger partial charge in [-0.25, -0.2) is 18.0 Å². The molecule has 11 nitrogen and oxygen atoms in total. The molecule has 3 rings (SSSR count). The molecule has 3 N–H and O–H groups in total. The molecule has 1 aromatic heterocycles. The van der Waals surface area contributed by atoms with Gasteiger partial charge in [0.05, 0.1) is 17.6 Å². The largest absolute Gasteiger partial charge is 0.460 e. The number of carbonyl (C=O) groups is 2. The first-order valence-electron chi connectivity index (χ1n) is 10.6. The molecule has 0 fully saturated rings. The van der Waals surface area contributed by atoms with Crippen molar-refractivity contribution < 1.29 is 37.0 Å². The van der Waals surface area contributed by atoms with Gasteiger partial charge in [0.1, 0.15) is 18.2 Å². The summed E-state index contributed by atoms with van der Waals surface area (Å²) in [5.41, 5.74) is -0.0538. The van der Waals surface area contributed by atoms with E-state index in [1.165, 1.54) is 43.3 Å². The Bertz CT molecular complexity index is 1420. The van der Waals surface area contributed by atoms with E-state index < -0.39 is 46.5 Å². The summed E-state index contributed by atoms with van der Waals surface area (Å²) in [6.07, 6.45) is -2.12. The minimum absolute atomic E-state index is 0.110. The number of hydrogen-bond donors (Lipinski definition) is 3. The molecule has 1 heterocycles. The van der Waals surface area contributed by atoms with E-state index in [0.717, 1.165) is 6.07 Å². The number of ether oxygens (including phenoxy) is 2. The molecule has 0 radical (unpaired) electrons. The number of nitrogens with one attached hydrogen (secondary N) is 2. The van der Waals surface area contributed by atoms with Gasteiger partial charge in [0.15, 0.2) is 0 Å². The molecule has 0 bridgehead atoms. The molecular weight excluding hydrogens is 516 g/mol. The quantitative estimate of drug-likeness (QED) is 0.275. The molecule has 13 heteroatoms. The fourth-order valence-corrected chi connectivity index (χ4v) is 4.53. The Labute approximate surface area is 211 Å². The van der Waals surface area contributed by atoms with Gasteiger partial charge in [-0.15, -0.1) is 0 Å². The highest BCUT2D eigenvalue weighted by molar-refractivity contribution is 7.89. The zero-order chi connectivity index (χ0) is 26.5. The minimum Gasteiger partial charge on any atom is -0.460 e. The molecule has 0 saturated carbocycles. The average molecular weight is 539 g/mol. The summed E-state index contributed by atoms with van der Waals surface area (Å²) in [6, 6.07) is 9.18. The van der Waals surface area contributed by atoms with Gasteiger partial charge in [-0.3, -0.25) is 10.1 Å². The van der Waals surface area contributed by atoms with E-state index in [2.05, 4.69) is 10.0 Å². The van der Waals surface area contributed by atoms with E-state index in [1.54, 1.807) is 13.0 Å². The first kappa shape index (κ1) is 27.1. The Hall–Kier alpha value is -3.45. The van der Waals surface area contributed by atoms with Crippen molar-refractivity contribution >= 4 is 50.3 Å². The van der Waals surface area contributed by atoms with Crippen molar-refractivity contribution in [1.29, 1.82) is 0 Å². The normalized spacial score (nSPS) is 13.1. The van der Waals surface area contributed by atoms with Gasteiger partial charge in [-0.05, 0) is 50.2 Å². The molecule has 36 heavy (non-hydrogen) atoms. The van der Waals surface area contributed by atoms with Gasteiger partial charge in [0.2, 0.25) is 10.0 Å². The summed E-state index contributed by atoms with van der Waals surface area (Å²) >= 11 is 5.78. The predicted octanol–water partition coefficient (Wildman–Crippen LogP) is 2.79. The van der Waals surface area contributed by atoms with Crippen LogP contribution in [0, 0.1) is 0 Å². The van der Waals surface area contributed by atoms with Crippen molar-refractivity contribution in [2.75, 3.05) is 11.9 Å². The molecule has 0 spiro atoms. The van der Waals surface area contributed by atoms with Crippen LogP contribution in [0.4, 0.5) is 10.5 Å². The lowest BCUT2D eigenvalue weighted by Crippen LogP contribution is -2.48. The van der Waals surface area contributed by atoms with Crippen molar-refractivity contribution in [2.45, 2.75) is 37.5 Å². The van der Waals surface area contributed by atoms with E-state index in [4.69, 9.17) is 25.5 Å². The van der Waals surface area contributed by atoms with Crippen molar-refractivity contribution in [3.8, 4) is 0 Å². The Morgan fingerprint density at radius 3 is 2.44 bits per heavy atom. The third-order valence-corrected chi connectivity index (χ3v) is 6.57. The summed E-state index contributed by atoms with van der Waals surface area (Å²) in [5, 5.41) is 13.2. The summed E-state index contributed by atoms with van der Waals surface area (Å²) < 4.78 is 42.6. The number of benzene rings is 2. The third-order valence-electron chi connectivity index (χ3n) is 4.86. The zero-order valence-corrected chi connectivity index (χ0v) is 20.8. The SMILES string of the molecule is CCOC(=O)Nc1ccc2c(COC(=O)[C@@H](NS(=O)(=O)c3ccc(Cl)cc3)[C@H](C)O)cc(=O)oc2c1. The lowest BCUT2D eigenvalue weighted by atomic mass is 10.1. The molecule has 0 aliphatic heterocycles. The highest BCUT2D eigenvalue weighted by Crippen LogP contribution is 2.22. The van der Waals surface area contributed by atoms with E-state index in [0.29, 0.717) is 16.1 Å². The highest BCUT2D eigenvalue weighted by Gasteiger charge is 2.31. The van der Waals surface area contributed by atoms with Gasteiger partial charge < -0.3 is 19.0 Å². The summed E-state index contributed by atoms with van der Waals surface area (Å²) in [5.74, 6) is -1.07. The number of anilines is 1. The number of hydrogen-bond acceptors (Lipinski definition) is 9. The number of aliphatic hydroxyl groups excluding tert-OH is 1. The monoisotopic (exact) mass is 538 g/mol. The van der Waals surface area contributed by atoms with E-state index >= 15 is 0 Å². The Balaban J connectivity index is 1.78. The fourth-order valence-electron chi connectivity index (χ4n) is 3.14. The zero-order valence-electron chi connectivity index (χ0n) is 19.2. The lowest BCUT2D eigenvalue weighted by Gasteiger charge is -2.20. The van der Waals surface area contributed by atoms with Crippen LogP contribution in [0.1, 0.15) is 19.4 Å². The summed E-state index contributed by atoms with van der Waals surface area (Å²) in [6.45, 7) is 2.63. The van der Waals surface area contributed by atoms with Gasteiger partial charge in [-0.2, -0.15) is 4.72 Å². The van der Waals surface area contributed by atoms with Crippen LogP contribution in [0.15, 0.2) is 62.6 Å². The molecule has 192 valence electrons. The third kappa shape index (κ3) is 6.82. The van der Waals surface area contributed by atoms with Crippen LogP contribution in [0.2, 0.25) is 5.02 Å². The minimum atomic E-state index is -4.19. The number of rotatable bonds is 9. The highest BCUT2D eigenvalue weighted by atomic mass is 35.5. The number of fused-ring (bicyclic) bond motifs is 1. The standard InChI is InChI=1S/C23H23ClN2O9S/c1-3-33-23(30)25-16-6-9-18-14(10-20(28)35-19(18)11-16)12-34-22(29)21(13(2)27)26-36(31,32)17-7-4-15(24)5-8-17/h4-11,13,21,26-27H,3,12H2,1-2H3,(H,25,30)/t13-,21-/m0/s1. The molecule has 0 aliphatic carbocycles. The number of carbonyl (C=O) groups excluding carboxylic acids is 2. The molecule has 3 aromatic rings. The second-order valence-electron chi connectivity index (χ2n) is 7.55. The topological polar surface area (TPSA) is 161 Å². The van der Waals surface area contributed by atoms with Crippen LogP contribution in [0.3, 0.4) is 0 Å². The smallest absolute Gasteiger partial charge is 0.411 e. The lowest BCUT2D eigenvalue weighted by molar-refractivity contribution is -0.149. The van der Waals surface area contributed by atoms with Crippen LogP contribution >= 0.6 is 11.6 Å². The maximum atomic E-state index is 12.7. The first-order chi connectivity index (χ1) is 17.0. The van der Waals surface area contributed by atoms with Crippen LogP contribution in [-0.2, 0) is 30.9 Å². The Kier molecular flexibility index (Phi) is 8.69. The van der Waals surface area contributed by atoms with Crippen molar-refractivity contribution in [3.63, 3.8) is 0 Å².